The Morgan fingerprint density at radius 1 is 1.40 bits per heavy atom. The molecule has 84 valence electrons. The van der Waals surface area contributed by atoms with Crippen molar-refractivity contribution in [1.82, 2.24) is 15.3 Å². The van der Waals surface area contributed by atoms with Crippen LogP contribution in [0.25, 0.3) is 0 Å². The van der Waals surface area contributed by atoms with Gasteiger partial charge in [0.1, 0.15) is 0 Å². The van der Waals surface area contributed by atoms with Crippen LogP contribution >= 0.6 is 11.6 Å². The zero-order valence-electron chi connectivity index (χ0n) is 9.03. The van der Waals surface area contributed by atoms with Crippen LogP contribution in [0.3, 0.4) is 0 Å². The quantitative estimate of drug-likeness (QED) is 0.757. The number of nitrogens with one attached hydrogen (secondary N) is 1. The highest BCUT2D eigenvalue weighted by Crippen LogP contribution is 2.06. The summed E-state index contributed by atoms with van der Waals surface area (Å²) >= 11 is 5.64. The molecule has 0 aromatic carbocycles. The van der Waals surface area contributed by atoms with Gasteiger partial charge in [-0.3, -0.25) is 0 Å². The largest absolute Gasteiger partial charge is 0.463 e. The Balaban J connectivity index is 2.12. The van der Waals surface area contributed by atoms with E-state index in [2.05, 4.69) is 29.1 Å². The van der Waals surface area contributed by atoms with E-state index in [9.17, 15) is 0 Å². The molecule has 0 unspecified atom stereocenters. The summed E-state index contributed by atoms with van der Waals surface area (Å²) in [6.45, 7) is 5.78. The number of hydrogen-bond acceptors (Lipinski definition) is 4. The first-order chi connectivity index (χ1) is 7.18. The fraction of sp³-hybridized carbons (Fsp3) is 0.600. The average Bonchev–Trinajstić information content (AvgIpc) is 2.20. The van der Waals surface area contributed by atoms with E-state index < -0.39 is 0 Å². The molecule has 0 saturated heterocycles. The topological polar surface area (TPSA) is 47.0 Å². The van der Waals surface area contributed by atoms with E-state index in [1.165, 1.54) is 12.4 Å². The normalized spacial score (nSPS) is 10.7. The van der Waals surface area contributed by atoms with Gasteiger partial charge in [-0.05, 0) is 13.0 Å². The molecular weight excluding hydrogens is 214 g/mol. The highest BCUT2D eigenvalue weighted by atomic mass is 35.5. The van der Waals surface area contributed by atoms with Crippen LogP contribution in [0.15, 0.2) is 12.4 Å². The second-order valence-corrected chi connectivity index (χ2v) is 3.93. The average molecular weight is 230 g/mol. The standard InChI is InChI=1S/C10H16ClN3O/c1-8(2)12-4-3-5-15-10-13-6-9(11)7-14-10/h6-8,12H,3-5H2,1-2H3. The van der Waals surface area contributed by atoms with E-state index in [0.717, 1.165) is 13.0 Å². The van der Waals surface area contributed by atoms with Gasteiger partial charge in [0.2, 0.25) is 0 Å². The Kier molecular flexibility index (Phi) is 5.36. The van der Waals surface area contributed by atoms with Gasteiger partial charge in [-0.25, -0.2) is 9.97 Å². The smallest absolute Gasteiger partial charge is 0.316 e. The molecule has 1 heterocycles. The Morgan fingerprint density at radius 3 is 2.67 bits per heavy atom. The summed E-state index contributed by atoms with van der Waals surface area (Å²) in [6.07, 6.45) is 3.98. The Hall–Kier alpha value is -0.870. The predicted octanol–water partition coefficient (Wildman–Crippen LogP) is 1.90. The molecule has 0 fully saturated rings. The van der Waals surface area contributed by atoms with Gasteiger partial charge in [-0.15, -0.1) is 0 Å². The monoisotopic (exact) mass is 229 g/mol. The molecule has 0 saturated carbocycles. The Morgan fingerprint density at radius 2 is 2.07 bits per heavy atom. The molecule has 0 aliphatic rings. The number of ether oxygens (including phenoxy) is 1. The molecule has 1 N–H and O–H groups in total. The second kappa shape index (κ2) is 6.58. The summed E-state index contributed by atoms with van der Waals surface area (Å²) in [5, 5.41) is 3.82. The van der Waals surface area contributed by atoms with Crippen LogP contribution in [0.1, 0.15) is 20.3 Å². The van der Waals surface area contributed by atoms with Gasteiger partial charge in [0.15, 0.2) is 0 Å². The van der Waals surface area contributed by atoms with Crippen LogP contribution in [0.5, 0.6) is 6.01 Å². The molecule has 0 aliphatic heterocycles. The zero-order valence-corrected chi connectivity index (χ0v) is 9.79. The van der Waals surface area contributed by atoms with Crippen molar-refractivity contribution in [2.75, 3.05) is 13.2 Å². The summed E-state index contributed by atoms with van der Waals surface area (Å²) in [7, 11) is 0. The summed E-state index contributed by atoms with van der Waals surface area (Å²) in [6, 6.07) is 0.890. The lowest BCUT2D eigenvalue weighted by Crippen LogP contribution is -2.24. The third-order valence-corrected chi connectivity index (χ3v) is 1.90. The van der Waals surface area contributed by atoms with Crippen molar-refractivity contribution < 1.29 is 4.74 Å². The lowest BCUT2D eigenvalue weighted by atomic mass is 10.3. The fourth-order valence-corrected chi connectivity index (χ4v) is 1.10. The van der Waals surface area contributed by atoms with Crippen molar-refractivity contribution >= 4 is 11.6 Å². The third kappa shape index (κ3) is 5.54. The molecule has 0 radical (unpaired) electrons. The number of rotatable bonds is 6. The Labute approximate surface area is 95.0 Å². The maximum absolute atomic E-state index is 5.64. The van der Waals surface area contributed by atoms with Crippen molar-refractivity contribution in [3.05, 3.63) is 17.4 Å². The minimum absolute atomic E-state index is 0.379. The summed E-state index contributed by atoms with van der Waals surface area (Å²) in [5.74, 6) is 0. The molecule has 4 nitrogen and oxygen atoms in total. The van der Waals surface area contributed by atoms with Crippen LogP contribution in [-0.2, 0) is 0 Å². The van der Waals surface area contributed by atoms with Gasteiger partial charge in [-0.1, -0.05) is 25.4 Å². The van der Waals surface area contributed by atoms with Crippen LogP contribution < -0.4 is 10.1 Å². The minimum atomic E-state index is 0.379. The second-order valence-electron chi connectivity index (χ2n) is 3.49. The molecule has 0 aliphatic carbocycles. The van der Waals surface area contributed by atoms with Gasteiger partial charge in [0.05, 0.1) is 24.0 Å². The van der Waals surface area contributed by atoms with E-state index in [1.54, 1.807) is 0 Å². The van der Waals surface area contributed by atoms with E-state index in [-0.39, 0.29) is 0 Å². The fourth-order valence-electron chi connectivity index (χ4n) is 1.00. The van der Waals surface area contributed by atoms with Crippen molar-refractivity contribution in [2.24, 2.45) is 0 Å². The molecule has 1 aromatic rings. The van der Waals surface area contributed by atoms with Crippen molar-refractivity contribution in [3.8, 4) is 6.01 Å². The van der Waals surface area contributed by atoms with Crippen molar-refractivity contribution in [3.63, 3.8) is 0 Å². The Bertz CT molecular complexity index is 277. The highest BCUT2D eigenvalue weighted by Gasteiger charge is 1.97. The summed E-state index contributed by atoms with van der Waals surface area (Å²) < 4.78 is 5.32. The molecular formula is C10H16ClN3O. The molecule has 15 heavy (non-hydrogen) atoms. The lowest BCUT2D eigenvalue weighted by molar-refractivity contribution is 0.283. The molecule has 0 amide bonds. The minimum Gasteiger partial charge on any atom is -0.463 e. The molecule has 1 aromatic heterocycles. The summed E-state index contributed by atoms with van der Waals surface area (Å²) in [5.41, 5.74) is 0. The van der Waals surface area contributed by atoms with Crippen molar-refractivity contribution in [2.45, 2.75) is 26.3 Å². The van der Waals surface area contributed by atoms with Crippen LogP contribution in [0, 0.1) is 0 Å². The number of hydrogen-bond donors (Lipinski definition) is 1. The van der Waals surface area contributed by atoms with Crippen LogP contribution in [0.4, 0.5) is 0 Å². The van der Waals surface area contributed by atoms with Crippen LogP contribution in [-0.4, -0.2) is 29.2 Å². The summed E-state index contributed by atoms with van der Waals surface area (Å²) in [4.78, 5) is 7.85. The van der Waals surface area contributed by atoms with E-state index in [1.807, 2.05) is 0 Å². The lowest BCUT2D eigenvalue weighted by Gasteiger charge is -2.07. The van der Waals surface area contributed by atoms with Gasteiger partial charge in [0, 0.05) is 6.04 Å². The van der Waals surface area contributed by atoms with Gasteiger partial charge < -0.3 is 10.1 Å². The first-order valence-electron chi connectivity index (χ1n) is 5.02. The first kappa shape index (κ1) is 12.2. The van der Waals surface area contributed by atoms with E-state index >= 15 is 0 Å². The molecule has 0 spiro atoms. The van der Waals surface area contributed by atoms with Gasteiger partial charge in [-0.2, -0.15) is 0 Å². The molecule has 5 heteroatoms. The molecule has 0 bridgehead atoms. The van der Waals surface area contributed by atoms with Crippen molar-refractivity contribution in [1.29, 1.82) is 0 Å². The molecule has 1 rings (SSSR count). The number of nitrogens with zero attached hydrogens (tertiary/aromatic N) is 2. The van der Waals surface area contributed by atoms with E-state index in [0.29, 0.717) is 23.7 Å². The first-order valence-corrected chi connectivity index (χ1v) is 5.40. The van der Waals surface area contributed by atoms with E-state index in [4.69, 9.17) is 16.3 Å². The maximum Gasteiger partial charge on any atom is 0.316 e. The maximum atomic E-state index is 5.64. The molecule has 0 atom stereocenters. The zero-order chi connectivity index (χ0) is 11.1. The third-order valence-electron chi connectivity index (χ3n) is 1.70. The number of halogens is 1. The van der Waals surface area contributed by atoms with Gasteiger partial charge in [0.25, 0.3) is 0 Å². The highest BCUT2D eigenvalue weighted by molar-refractivity contribution is 6.30. The van der Waals surface area contributed by atoms with Gasteiger partial charge >= 0.3 is 6.01 Å². The predicted molar refractivity (Wildman–Crippen MR) is 60.3 cm³/mol. The van der Waals surface area contributed by atoms with Crippen LogP contribution in [0.2, 0.25) is 5.02 Å². The number of aromatic nitrogens is 2. The SMILES string of the molecule is CC(C)NCCCOc1ncc(Cl)cn1.